The maximum atomic E-state index is 12.8. The minimum atomic E-state index is -0.434. The molecule has 3 aromatic rings. The summed E-state index contributed by atoms with van der Waals surface area (Å²) in [6.07, 6.45) is 1.49. The number of carbonyl (C=O) groups excluding carboxylic acids is 3. The van der Waals surface area contributed by atoms with Gasteiger partial charge in [0, 0.05) is 63.0 Å². The monoisotopic (exact) mass is 556 g/mol. The molecule has 14 heteroatoms. The normalized spacial score (nSPS) is 13.3. The Hall–Kier alpha value is -4.30. The summed E-state index contributed by atoms with van der Waals surface area (Å²) in [4.78, 5) is 58.0. The molecule has 206 valence electrons. The molecule has 1 aliphatic rings. The quantitative estimate of drug-likeness (QED) is 0.277. The summed E-state index contributed by atoms with van der Waals surface area (Å²) >= 11 is 1.20. The van der Waals surface area contributed by atoms with E-state index in [9.17, 15) is 24.5 Å². The molecule has 0 bridgehead atoms. The van der Waals surface area contributed by atoms with E-state index < -0.39 is 16.7 Å². The van der Waals surface area contributed by atoms with Gasteiger partial charge in [-0.15, -0.1) is 11.3 Å². The highest BCUT2D eigenvalue weighted by Gasteiger charge is 2.24. The van der Waals surface area contributed by atoms with Gasteiger partial charge in [0.15, 0.2) is 10.9 Å². The third-order valence-electron chi connectivity index (χ3n) is 6.11. The molecule has 3 amide bonds. The first-order chi connectivity index (χ1) is 18.8. The van der Waals surface area contributed by atoms with E-state index in [1.807, 2.05) is 0 Å². The molecule has 1 N–H and O–H groups in total. The topological polar surface area (TPSA) is 151 Å². The molecule has 0 unspecified atom stereocenters. The second kappa shape index (κ2) is 13.0. The molecular weight excluding hydrogens is 528 g/mol. The SMILES string of the molecule is COCCN(CC(=O)Nc1nc(CC(=O)N2CCN(c3ccc([N+](=O)[O-])cc3)CC2)cs1)C(=O)c1ccco1. The van der Waals surface area contributed by atoms with Crippen molar-refractivity contribution >= 4 is 45.6 Å². The van der Waals surface area contributed by atoms with Crippen molar-refractivity contribution in [1.29, 1.82) is 0 Å². The number of ether oxygens (including phenoxy) is 1. The first-order valence-corrected chi connectivity index (χ1v) is 13.0. The molecule has 0 saturated carbocycles. The number of nitrogens with zero attached hydrogens (tertiary/aromatic N) is 5. The fraction of sp³-hybridized carbons (Fsp3) is 0.360. The lowest BCUT2D eigenvalue weighted by Gasteiger charge is -2.36. The minimum absolute atomic E-state index is 0.0390. The standard InChI is InChI=1S/C25H28N6O7S/c1-37-14-12-30(24(34)21-3-2-13-38-21)16-22(32)27-25-26-18(17-39-25)15-23(33)29-10-8-28(9-11-29)19-4-6-20(7-5-19)31(35)36/h2-7,13,17H,8-12,14-16H2,1H3,(H,26,27,32). The molecule has 0 aliphatic carbocycles. The van der Waals surface area contributed by atoms with E-state index in [1.54, 1.807) is 28.5 Å². The summed E-state index contributed by atoms with van der Waals surface area (Å²) in [6.45, 7) is 2.51. The first-order valence-electron chi connectivity index (χ1n) is 12.2. The summed E-state index contributed by atoms with van der Waals surface area (Å²) < 4.78 is 10.2. The molecule has 1 fully saturated rings. The maximum absolute atomic E-state index is 12.8. The number of methoxy groups -OCH3 is 1. The predicted octanol–water partition coefficient (Wildman–Crippen LogP) is 2.26. The lowest BCUT2D eigenvalue weighted by molar-refractivity contribution is -0.384. The van der Waals surface area contributed by atoms with E-state index in [1.165, 1.54) is 47.8 Å². The number of anilines is 2. The summed E-state index contributed by atoms with van der Waals surface area (Å²) in [7, 11) is 1.51. The molecule has 1 aliphatic heterocycles. The average molecular weight is 557 g/mol. The number of nitro benzene ring substituents is 1. The Balaban J connectivity index is 1.25. The van der Waals surface area contributed by atoms with Crippen molar-refractivity contribution in [1.82, 2.24) is 14.8 Å². The number of carbonyl (C=O) groups is 3. The number of hydrogen-bond donors (Lipinski definition) is 1. The minimum Gasteiger partial charge on any atom is -0.459 e. The summed E-state index contributed by atoms with van der Waals surface area (Å²) in [5.41, 5.74) is 1.46. The molecule has 0 radical (unpaired) electrons. The van der Waals surface area contributed by atoms with Gasteiger partial charge >= 0.3 is 0 Å². The van der Waals surface area contributed by atoms with Gasteiger partial charge in [-0.05, 0) is 24.3 Å². The molecule has 13 nitrogen and oxygen atoms in total. The summed E-state index contributed by atoms with van der Waals surface area (Å²) in [6, 6.07) is 9.49. The number of amides is 3. The number of non-ortho nitro benzene ring substituents is 1. The Kier molecular flexibility index (Phi) is 9.22. The Labute approximate surface area is 228 Å². The summed E-state index contributed by atoms with van der Waals surface area (Å²) in [5.74, 6) is -0.800. The van der Waals surface area contributed by atoms with Crippen LogP contribution < -0.4 is 10.2 Å². The zero-order valence-electron chi connectivity index (χ0n) is 21.3. The second-order valence-corrected chi connectivity index (χ2v) is 9.57. The van der Waals surface area contributed by atoms with Crippen LogP contribution in [-0.2, 0) is 20.7 Å². The van der Waals surface area contributed by atoms with Gasteiger partial charge in [0.2, 0.25) is 11.8 Å². The summed E-state index contributed by atoms with van der Waals surface area (Å²) in [5, 5.41) is 15.6. The molecule has 4 rings (SSSR count). The second-order valence-electron chi connectivity index (χ2n) is 8.71. The number of benzene rings is 1. The van der Waals surface area contributed by atoms with Crippen molar-refractivity contribution in [3.8, 4) is 0 Å². The van der Waals surface area contributed by atoms with Crippen LogP contribution in [0.5, 0.6) is 0 Å². The predicted molar refractivity (Wildman–Crippen MR) is 143 cm³/mol. The highest BCUT2D eigenvalue weighted by atomic mass is 32.1. The van der Waals surface area contributed by atoms with E-state index >= 15 is 0 Å². The van der Waals surface area contributed by atoms with Gasteiger partial charge in [0.05, 0.1) is 29.9 Å². The molecule has 2 aromatic heterocycles. The zero-order valence-corrected chi connectivity index (χ0v) is 22.1. The van der Waals surface area contributed by atoms with E-state index in [2.05, 4.69) is 15.2 Å². The number of aromatic nitrogens is 1. The number of nitro groups is 1. The van der Waals surface area contributed by atoms with Gasteiger partial charge in [-0.2, -0.15) is 0 Å². The molecule has 39 heavy (non-hydrogen) atoms. The van der Waals surface area contributed by atoms with Crippen LogP contribution in [0.2, 0.25) is 0 Å². The number of nitrogens with one attached hydrogen (secondary N) is 1. The van der Waals surface area contributed by atoms with Gasteiger partial charge < -0.3 is 29.2 Å². The van der Waals surface area contributed by atoms with Crippen LogP contribution in [-0.4, -0.2) is 90.4 Å². The largest absolute Gasteiger partial charge is 0.459 e. The van der Waals surface area contributed by atoms with E-state index in [-0.39, 0.29) is 43.5 Å². The fourth-order valence-electron chi connectivity index (χ4n) is 4.05. The van der Waals surface area contributed by atoms with E-state index in [4.69, 9.17) is 9.15 Å². The van der Waals surface area contributed by atoms with Crippen LogP contribution in [0.4, 0.5) is 16.5 Å². The lowest BCUT2D eigenvalue weighted by atomic mass is 10.2. The van der Waals surface area contributed by atoms with Crippen LogP contribution in [0.15, 0.2) is 52.5 Å². The number of thiazole rings is 1. The Bertz CT molecular complexity index is 1290. The third kappa shape index (κ3) is 7.39. The van der Waals surface area contributed by atoms with Crippen LogP contribution in [0.3, 0.4) is 0 Å². The van der Waals surface area contributed by atoms with Crippen LogP contribution in [0.25, 0.3) is 0 Å². The van der Waals surface area contributed by atoms with Crippen molar-refractivity contribution in [2.75, 3.05) is 63.2 Å². The maximum Gasteiger partial charge on any atom is 0.290 e. The number of rotatable bonds is 11. The van der Waals surface area contributed by atoms with Gasteiger partial charge in [-0.3, -0.25) is 24.5 Å². The molecule has 3 heterocycles. The molecule has 0 atom stereocenters. The zero-order chi connectivity index (χ0) is 27.8. The van der Waals surface area contributed by atoms with Crippen molar-refractivity contribution in [2.45, 2.75) is 6.42 Å². The first kappa shape index (κ1) is 27.7. The van der Waals surface area contributed by atoms with Gasteiger partial charge in [-0.25, -0.2) is 4.98 Å². The number of piperazine rings is 1. The van der Waals surface area contributed by atoms with Crippen LogP contribution in [0, 0.1) is 10.1 Å². The molecule has 1 aromatic carbocycles. The van der Waals surface area contributed by atoms with Gasteiger partial charge in [-0.1, -0.05) is 0 Å². The fourth-order valence-corrected chi connectivity index (χ4v) is 4.78. The smallest absolute Gasteiger partial charge is 0.290 e. The van der Waals surface area contributed by atoms with Crippen molar-refractivity contribution in [3.05, 3.63) is 69.6 Å². The highest BCUT2D eigenvalue weighted by Crippen LogP contribution is 2.21. The van der Waals surface area contributed by atoms with Crippen LogP contribution >= 0.6 is 11.3 Å². The van der Waals surface area contributed by atoms with Crippen LogP contribution in [0.1, 0.15) is 16.2 Å². The van der Waals surface area contributed by atoms with Crippen molar-refractivity contribution in [3.63, 3.8) is 0 Å². The number of hydrogen-bond acceptors (Lipinski definition) is 10. The van der Waals surface area contributed by atoms with E-state index in [0.717, 1.165) is 5.69 Å². The molecule has 1 saturated heterocycles. The Morgan fingerprint density at radius 3 is 2.56 bits per heavy atom. The van der Waals surface area contributed by atoms with Gasteiger partial charge in [0.1, 0.15) is 6.54 Å². The van der Waals surface area contributed by atoms with Gasteiger partial charge in [0.25, 0.3) is 11.6 Å². The highest BCUT2D eigenvalue weighted by molar-refractivity contribution is 7.13. The van der Waals surface area contributed by atoms with Crippen molar-refractivity contribution in [2.24, 2.45) is 0 Å². The Morgan fingerprint density at radius 2 is 1.92 bits per heavy atom. The molecule has 0 spiro atoms. The van der Waals surface area contributed by atoms with E-state index in [0.29, 0.717) is 37.0 Å². The third-order valence-corrected chi connectivity index (χ3v) is 6.91. The lowest BCUT2D eigenvalue weighted by Crippen LogP contribution is -2.49. The molecular formula is C25H28N6O7S. The Morgan fingerprint density at radius 1 is 1.18 bits per heavy atom. The van der Waals surface area contributed by atoms with Crippen molar-refractivity contribution < 1.29 is 28.5 Å². The average Bonchev–Trinajstić information content (AvgIpc) is 3.63. The number of furan rings is 1.